The molecule has 0 heterocycles. The first-order chi connectivity index (χ1) is 21.6. The van der Waals surface area contributed by atoms with Crippen LogP contribution in [0, 0.1) is 0 Å². The van der Waals surface area contributed by atoms with E-state index in [0.717, 1.165) is 17.7 Å². The molecule has 5 heteroatoms. The van der Waals surface area contributed by atoms with Crippen LogP contribution >= 0.6 is 12.6 Å². The Kier molecular flexibility index (Phi) is 18.6. The summed E-state index contributed by atoms with van der Waals surface area (Å²) in [5.74, 6) is 0. The van der Waals surface area contributed by atoms with Crippen molar-refractivity contribution in [1.82, 2.24) is 0 Å². The third kappa shape index (κ3) is 16.9. The number of hydrogen-bond acceptors (Lipinski definition) is 4. The van der Waals surface area contributed by atoms with Gasteiger partial charge in [0.15, 0.2) is 0 Å². The quantitative estimate of drug-likeness (QED) is 0.0842. The number of unbranched alkanes of at least 4 members (excludes halogenated alkanes) is 9. The van der Waals surface area contributed by atoms with E-state index in [0.29, 0.717) is 0 Å². The second-order valence-electron chi connectivity index (χ2n) is 12.3. The van der Waals surface area contributed by atoms with Gasteiger partial charge in [-0.3, -0.25) is 4.18 Å². The van der Waals surface area contributed by atoms with Crippen molar-refractivity contribution in [3.8, 4) is 11.1 Å². The van der Waals surface area contributed by atoms with E-state index in [4.69, 9.17) is 4.18 Å². The first kappa shape index (κ1) is 38.3. The zero-order valence-electron chi connectivity index (χ0n) is 27.8. The van der Waals surface area contributed by atoms with Gasteiger partial charge < -0.3 is 0 Å². The molecule has 0 radical (unpaired) electrons. The highest BCUT2D eigenvalue weighted by Gasteiger charge is 2.14. The van der Waals surface area contributed by atoms with Gasteiger partial charge in [-0.1, -0.05) is 176 Å². The molecule has 4 aromatic carbocycles. The topological polar surface area (TPSA) is 43.4 Å². The summed E-state index contributed by atoms with van der Waals surface area (Å²) in [6.07, 6.45) is 12.3. The standard InChI is InChI=1S/C18H30O3S.C12H10.C10H14S/c1-2-3-4-5-6-7-8-9-10-14-17-21-22(19,20)18-15-12-11-13-16-18;1-3-7-11(8-4-1)12-9-5-2-6-10-12;1-10(2,3)8-4-6-9(11)7-5-8/h11-13,15-16H,2-10,14,17H2,1H3;1-10H;4-7,11H,1-3H3. The average Bonchev–Trinajstić information content (AvgIpc) is 3.05. The second-order valence-corrected chi connectivity index (χ2v) is 14.4. The second kappa shape index (κ2) is 21.8. The zero-order valence-corrected chi connectivity index (χ0v) is 29.5. The molecule has 0 amide bonds. The summed E-state index contributed by atoms with van der Waals surface area (Å²) in [7, 11) is -3.57. The lowest BCUT2D eigenvalue weighted by molar-refractivity contribution is 0.306. The Morgan fingerprint density at radius 2 is 0.956 bits per heavy atom. The van der Waals surface area contributed by atoms with Crippen LogP contribution in [0.4, 0.5) is 0 Å². The Morgan fingerprint density at radius 3 is 1.38 bits per heavy atom. The third-order valence-corrected chi connectivity index (χ3v) is 9.01. The van der Waals surface area contributed by atoms with Gasteiger partial charge in [0.2, 0.25) is 0 Å². The van der Waals surface area contributed by atoms with Gasteiger partial charge in [-0.15, -0.1) is 12.6 Å². The Balaban J connectivity index is 0.000000257. The monoisotopic (exact) mass is 646 g/mol. The van der Waals surface area contributed by atoms with Gasteiger partial charge in [0.05, 0.1) is 11.5 Å². The molecule has 3 nitrogen and oxygen atoms in total. The summed E-state index contributed by atoms with van der Waals surface area (Å²) in [5.41, 5.74) is 4.16. The molecule has 0 aliphatic carbocycles. The molecular weight excluding hydrogens is 593 g/mol. The number of rotatable bonds is 14. The molecule has 0 aliphatic heterocycles. The van der Waals surface area contributed by atoms with Crippen molar-refractivity contribution in [3.63, 3.8) is 0 Å². The maximum atomic E-state index is 11.9. The van der Waals surface area contributed by atoms with Crippen LogP contribution in [0.2, 0.25) is 0 Å². The smallest absolute Gasteiger partial charge is 0.266 e. The molecule has 0 saturated heterocycles. The molecule has 0 N–H and O–H groups in total. The number of hydrogen-bond donors (Lipinski definition) is 1. The Morgan fingerprint density at radius 1 is 0.556 bits per heavy atom. The highest BCUT2D eigenvalue weighted by atomic mass is 32.2. The van der Waals surface area contributed by atoms with E-state index < -0.39 is 10.1 Å². The van der Waals surface area contributed by atoms with Crippen molar-refractivity contribution >= 4 is 22.7 Å². The van der Waals surface area contributed by atoms with Gasteiger partial charge in [0, 0.05) is 4.90 Å². The molecule has 0 spiro atoms. The van der Waals surface area contributed by atoms with Crippen molar-refractivity contribution in [2.45, 2.75) is 107 Å². The van der Waals surface area contributed by atoms with E-state index in [1.807, 2.05) is 24.3 Å². The van der Waals surface area contributed by atoms with Crippen LogP contribution < -0.4 is 0 Å². The molecule has 0 atom stereocenters. The molecule has 0 unspecified atom stereocenters. The van der Waals surface area contributed by atoms with Crippen LogP contribution in [0.15, 0.2) is 125 Å². The zero-order chi connectivity index (χ0) is 32.8. The molecule has 4 rings (SSSR count). The molecule has 0 saturated carbocycles. The molecule has 45 heavy (non-hydrogen) atoms. The van der Waals surface area contributed by atoms with E-state index in [2.05, 4.69) is 101 Å². The molecule has 0 aliphatic rings. The van der Waals surface area contributed by atoms with Crippen LogP contribution in [0.3, 0.4) is 0 Å². The van der Waals surface area contributed by atoms with Gasteiger partial charge in [0.25, 0.3) is 10.1 Å². The minimum atomic E-state index is -3.57. The van der Waals surface area contributed by atoms with Crippen LogP contribution in [0.25, 0.3) is 11.1 Å². The Labute approximate surface area is 280 Å². The predicted molar refractivity (Wildman–Crippen MR) is 196 cm³/mol. The first-order valence-electron chi connectivity index (χ1n) is 16.5. The Hall–Kier alpha value is -2.86. The summed E-state index contributed by atoms with van der Waals surface area (Å²) in [6.45, 7) is 9.15. The van der Waals surface area contributed by atoms with Gasteiger partial charge >= 0.3 is 0 Å². The lowest BCUT2D eigenvalue weighted by atomic mass is 9.87. The minimum Gasteiger partial charge on any atom is -0.266 e. The van der Waals surface area contributed by atoms with Gasteiger partial charge in [-0.2, -0.15) is 8.42 Å². The van der Waals surface area contributed by atoms with Crippen molar-refractivity contribution in [2.75, 3.05) is 6.61 Å². The Bertz CT molecular complexity index is 1340. The highest BCUT2D eigenvalue weighted by Crippen LogP contribution is 2.23. The third-order valence-electron chi connectivity index (χ3n) is 7.38. The lowest BCUT2D eigenvalue weighted by Gasteiger charge is -2.18. The number of thiol groups is 1. The molecule has 0 bridgehead atoms. The first-order valence-corrected chi connectivity index (χ1v) is 18.3. The summed E-state index contributed by atoms with van der Waals surface area (Å²) < 4.78 is 28.8. The van der Waals surface area contributed by atoms with E-state index in [1.165, 1.54) is 68.1 Å². The van der Waals surface area contributed by atoms with Gasteiger partial charge in [-0.25, -0.2) is 0 Å². The van der Waals surface area contributed by atoms with E-state index in [1.54, 1.807) is 30.3 Å². The molecule has 4 aromatic rings. The lowest BCUT2D eigenvalue weighted by Crippen LogP contribution is -2.10. The maximum absolute atomic E-state index is 11.9. The molecule has 244 valence electrons. The fourth-order valence-electron chi connectivity index (χ4n) is 4.64. The average molecular weight is 647 g/mol. The largest absolute Gasteiger partial charge is 0.296 e. The van der Waals surface area contributed by atoms with Crippen LogP contribution in [-0.2, 0) is 19.7 Å². The molecular formula is C40H54O3S2. The van der Waals surface area contributed by atoms with Crippen molar-refractivity contribution in [3.05, 3.63) is 121 Å². The van der Waals surface area contributed by atoms with Crippen LogP contribution in [-0.4, -0.2) is 15.0 Å². The van der Waals surface area contributed by atoms with E-state index >= 15 is 0 Å². The summed E-state index contributed by atoms with van der Waals surface area (Å²) in [6, 6.07) is 37.4. The maximum Gasteiger partial charge on any atom is 0.296 e. The SMILES string of the molecule is CC(C)(C)c1ccc(S)cc1.CCCCCCCCCCCCOS(=O)(=O)c1ccccc1.c1ccc(-c2ccccc2)cc1. The van der Waals surface area contributed by atoms with Gasteiger partial charge in [-0.05, 0) is 52.8 Å². The van der Waals surface area contributed by atoms with Crippen molar-refractivity contribution < 1.29 is 12.6 Å². The normalized spacial score (nSPS) is 11.1. The predicted octanol–water partition coefficient (Wildman–Crippen LogP) is 11.9. The fraction of sp³-hybridized carbons (Fsp3) is 0.400. The highest BCUT2D eigenvalue weighted by molar-refractivity contribution is 7.86. The minimum absolute atomic E-state index is 0.238. The fourth-order valence-corrected chi connectivity index (χ4v) is 5.75. The van der Waals surface area contributed by atoms with E-state index in [-0.39, 0.29) is 16.9 Å². The number of benzene rings is 4. The van der Waals surface area contributed by atoms with Crippen molar-refractivity contribution in [1.29, 1.82) is 0 Å². The molecule has 0 fully saturated rings. The summed E-state index contributed by atoms with van der Waals surface area (Å²) in [5, 5.41) is 0. The summed E-state index contributed by atoms with van der Waals surface area (Å²) in [4.78, 5) is 1.26. The van der Waals surface area contributed by atoms with Crippen LogP contribution in [0.1, 0.15) is 97.5 Å². The van der Waals surface area contributed by atoms with Crippen molar-refractivity contribution in [2.24, 2.45) is 0 Å². The van der Waals surface area contributed by atoms with Crippen LogP contribution in [0.5, 0.6) is 0 Å². The van der Waals surface area contributed by atoms with E-state index in [9.17, 15) is 8.42 Å². The summed E-state index contributed by atoms with van der Waals surface area (Å²) >= 11 is 4.23. The molecule has 0 aromatic heterocycles. The van der Waals surface area contributed by atoms with Gasteiger partial charge in [0.1, 0.15) is 0 Å².